The number of hydrogen-bond donors (Lipinski definition) is 2. The fourth-order valence-electron chi connectivity index (χ4n) is 1.95. The van der Waals surface area contributed by atoms with Gasteiger partial charge < -0.3 is 19.9 Å². The van der Waals surface area contributed by atoms with Crippen molar-refractivity contribution >= 4 is 11.9 Å². The van der Waals surface area contributed by atoms with E-state index in [1.165, 1.54) is 0 Å². The van der Waals surface area contributed by atoms with Crippen molar-refractivity contribution < 1.29 is 24.2 Å². The summed E-state index contributed by atoms with van der Waals surface area (Å²) in [5.74, 6) is 0.394. The molecule has 1 aromatic rings. The van der Waals surface area contributed by atoms with Crippen LogP contribution in [0.3, 0.4) is 0 Å². The summed E-state index contributed by atoms with van der Waals surface area (Å²) < 4.78 is 10.7. The molecular formula is C16H23NO5. The third-order valence-corrected chi connectivity index (χ3v) is 3.06. The van der Waals surface area contributed by atoms with Crippen LogP contribution < -0.4 is 14.8 Å². The minimum absolute atomic E-state index is 0.0841. The van der Waals surface area contributed by atoms with Crippen LogP contribution in [0.1, 0.15) is 38.2 Å². The second-order valence-corrected chi connectivity index (χ2v) is 4.80. The monoisotopic (exact) mass is 309 g/mol. The number of methoxy groups -OCH3 is 1. The molecule has 0 heterocycles. The largest absolute Gasteiger partial charge is 0.493 e. The van der Waals surface area contributed by atoms with E-state index in [0.717, 1.165) is 5.56 Å². The van der Waals surface area contributed by atoms with Gasteiger partial charge in [0.25, 0.3) is 0 Å². The molecule has 6 nitrogen and oxygen atoms in total. The van der Waals surface area contributed by atoms with Gasteiger partial charge in [-0.3, -0.25) is 9.59 Å². The summed E-state index contributed by atoms with van der Waals surface area (Å²) in [6, 6.07) is 5.51. The molecule has 0 aliphatic heterocycles. The van der Waals surface area contributed by atoms with Gasteiger partial charge in [-0.25, -0.2) is 0 Å². The molecule has 1 amide bonds. The number of nitrogens with one attached hydrogen (secondary N) is 1. The molecule has 6 heteroatoms. The highest BCUT2D eigenvalue weighted by molar-refractivity contribution is 5.76. The number of rotatable bonds is 10. The molecule has 0 atom stereocenters. The number of benzene rings is 1. The first kappa shape index (κ1) is 17.8. The first-order valence-electron chi connectivity index (χ1n) is 7.35. The molecular weight excluding hydrogens is 286 g/mol. The van der Waals surface area contributed by atoms with Gasteiger partial charge in [-0.05, 0) is 37.5 Å². The predicted octanol–water partition coefficient (Wildman–Crippen LogP) is 2.36. The zero-order valence-electron chi connectivity index (χ0n) is 13.1. The second-order valence-electron chi connectivity index (χ2n) is 4.80. The zero-order valence-corrected chi connectivity index (χ0v) is 13.1. The number of carboxylic acids is 1. The van der Waals surface area contributed by atoms with Gasteiger partial charge in [0, 0.05) is 19.4 Å². The third kappa shape index (κ3) is 6.47. The van der Waals surface area contributed by atoms with E-state index >= 15 is 0 Å². The van der Waals surface area contributed by atoms with Crippen LogP contribution in [0.5, 0.6) is 11.5 Å². The Kier molecular flexibility index (Phi) is 7.81. The summed E-state index contributed by atoms with van der Waals surface area (Å²) in [7, 11) is 1.58. The van der Waals surface area contributed by atoms with Crippen LogP contribution in [-0.4, -0.2) is 30.7 Å². The first-order chi connectivity index (χ1) is 10.6. The molecule has 0 unspecified atom stereocenters. The van der Waals surface area contributed by atoms with Crippen LogP contribution in [0, 0.1) is 0 Å². The van der Waals surface area contributed by atoms with Crippen molar-refractivity contribution in [2.24, 2.45) is 0 Å². The number of aliphatic carboxylic acids is 1. The molecule has 0 bridgehead atoms. The van der Waals surface area contributed by atoms with Gasteiger partial charge in [0.1, 0.15) is 0 Å². The topological polar surface area (TPSA) is 84.9 Å². The van der Waals surface area contributed by atoms with Crippen LogP contribution >= 0.6 is 0 Å². The Morgan fingerprint density at radius 2 is 1.91 bits per heavy atom. The minimum atomic E-state index is -0.831. The highest BCUT2D eigenvalue weighted by Gasteiger charge is 2.07. The normalized spacial score (nSPS) is 10.1. The molecule has 22 heavy (non-hydrogen) atoms. The molecule has 0 saturated heterocycles. The van der Waals surface area contributed by atoms with E-state index in [9.17, 15) is 9.59 Å². The molecule has 0 aliphatic carbocycles. The van der Waals surface area contributed by atoms with E-state index in [1.807, 2.05) is 19.1 Å². The number of carboxylic acid groups (broad SMARTS) is 1. The van der Waals surface area contributed by atoms with E-state index in [2.05, 4.69) is 5.32 Å². The van der Waals surface area contributed by atoms with Crippen LogP contribution in [0.15, 0.2) is 18.2 Å². The molecule has 0 fully saturated rings. The Balaban J connectivity index is 2.41. The summed E-state index contributed by atoms with van der Waals surface area (Å²) in [4.78, 5) is 22.0. The maximum Gasteiger partial charge on any atom is 0.303 e. The Hall–Kier alpha value is -2.24. The van der Waals surface area contributed by atoms with E-state index in [0.29, 0.717) is 43.9 Å². The van der Waals surface area contributed by atoms with Crippen molar-refractivity contribution in [2.75, 3.05) is 13.7 Å². The molecule has 0 spiro atoms. The minimum Gasteiger partial charge on any atom is -0.493 e. The van der Waals surface area contributed by atoms with Gasteiger partial charge in [0.2, 0.25) is 5.91 Å². The fraction of sp³-hybridized carbons (Fsp3) is 0.500. The molecule has 0 saturated carbocycles. The van der Waals surface area contributed by atoms with Crippen molar-refractivity contribution in [3.05, 3.63) is 23.8 Å². The van der Waals surface area contributed by atoms with Crippen LogP contribution in [0.25, 0.3) is 0 Å². The average Bonchev–Trinajstić information content (AvgIpc) is 2.50. The highest BCUT2D eigenvalue weighted by Crippen LogP contribution is 2.27. The van der Waals surface area contributed by atoms with Crippen LogP contribution in [-0.2, 0) is 16.1 Å². The Bertz CT molecular complexity index is 501. The van der Waals surface area contributed by atoms with Gasteiger partial charge in [-0.15, -0.1) is 0 Å². The van der Waals surface area contributed by atoms with Crippen molar-refractivity contribution in [3.8, 4) is 11.5 Å². The summed E-state index contributed by atoms with van der Waals surface area (Å²) in [5.41, 5.74) is 0.920. The van der Waals surface area contributed by atoms with Gasteiger partial charge in [-0.2, -0.15) is 0 Å². The fourth-order valence-corrected chi connectivity index (χ4v) is 1.95. The van der Waals surface area contributed by atoms with Crippen LogP contribution in [0.4, 0.5) is 0 Å². The number of carbonyl (C=O) groups excluding carboxylic acids is 1. The van der Waals surface area contributed by atoms with Crippen molar-refractivity contribution in [1.29, 1.82) is 0 Å². The standard InChI is InChI=1S/C16H23NO5/c1-3-22-14-10-12(8-9-13(14)21-2)11-17-15(18)6-4-5-7-16(19)20/h8-10H,3-7,11H2,1-2H3,(H,17,18)(H,19,20). The third-order valence-electron chi connectivity index (χ3n) is 3.06. The molecule has 2 N–H and O–H groups in total. The molecule has 0 aromatic heterocycles. The maximum absolute atomic E-state index is 11.7. The van der Waals surface area contributed by atoms with Crippen LogP contribution in [0.2, 0.25) is 0 Å². The van der Waals surface area contributed by atoms with Gasteiger partial charge >= 0.3 is 5.97 Å². The average molecular weight is 309 g/mol. The summed E-state index contributed by atoms with van der Waals surface area (Å²) in [5, 5.41) is 11.3. The lowest BCUT2D eigenvalue weighted by Gasteiger charge is -2.11. The quantitative estimate of drug-likeness (QED) is 0.648. The number of hydrogen-bond acceptors (Lipinski definition) is 4. The summed E-state index contributed by atoms with van der Waals surface area (Å²) in [6.45, 7) is 2.84. The van der Waals surface area contributed by atoms with Crippen molar-refractivity contribution in [2.45, 2.75) is 39.2 Å². The molecule has 1 rings (SSSR count). The van der Waals surface area contributed by atoms with Crippen molar-refractivity contribution in [3.63, 3.8) is 0 Å². The summed E-state index contributed by atoms with van der Waals surface area (Å²) >= 11 is 0. The zero-order chi connectivity index (χ0) is 16.4. The molecule has 122 valence electrons. The molecule has 1 aromatic carbocycles. The smallest absolute Gasteiger partial charge is 0.303 e. The van der Waals surface area contributed by atoms with Crippen molar-refractivity contribution in [1.82, 2.24) is 5.32 Å². The lowest BCUT2D eigenvalue weighted by atomic mass is 10.1. The number of carbonyl (C=O) groups is 2. The van der Waals surface area contributed by atoms with E-state index in [1.54, 1.807) is 13.2 Å². The predicted molar refractivity (Wildman–Crippen MR) is 82.1 cm³/mol. The second kappa shape index (κ2) is 9.65. The van der Waals surface area contributed by atoms with Gasteiger partial charge in [-0.1, -0.05) is 6.07 Å². The van der Waals surface area contributed by atoms with Gasteiger partial charge in [0.05, 0.1) is 13.7 Å². The number of ether oxygens (including phenoxy) is 2. The number of amides is 1. The van der Waals surface area contributed by atoms with E-state index in [4.69, 9.17) is 14.6 Å². The maximum atomic E-state index is 11.7. The molecule has 0 aliphatic rings. The number of unbranched alkanes of at least 4 members (excludes halogenated alkanes) is 1. The van der Waals surface area contributed by atoms with E-state index < -0.39 is 5.97 Å². The van der Waals surface area contributed by atoms with Gasteiger partial charge in [0.15, 0.2) is 11.5 Å². The SMILES string of the molecule is CCOc1cc(CNC(=O)CCCCC(=O)O)ccc1OC. The Morgan fingerprint density at radius 3 is 2.55 bits per heavy atom. The highest BCUT2D eigenvalue weighted by atomic mass is 16.5. The first-order valence-corrected chi connectivity index (χ1v) is 7.35. The molecule has 0 radical (unpaired) electrons. The Morgan fingerprint density at radius 1 is 1.18 bits per heavy atom. The lowest BCUT2D eigenvalue weighted by molar-refractivity contribution is -0.137. The summed E-state index contributed by atoms with van der Waals surface area (Å²) in [6.07, 6.45) is 1.52. The van der Waals surface area contributed by atoms with E-state index in [-0.39, 0.29) is 12.3 Å². The Labute approximate surface area is 130 Å². The lowest BCUT2D eigenvalue weighted by Crippen LogP contribution is -2.22.